The Hall–Kier alpha value is -4.69. The highest BCUT2D eigenvalue weighted by Gasteiger charge is 2.37. The number of anilines is 1. The molecule has 1 heterocycles. The molecule has 0 unspecified atom stereocenters. The molecule has 200 valence electrons. The Morgan fingerprint density at radius 3 is 2.27 bits per heavy atom. The van der Waals surface area contributed by atoms with E-state index in [1.807, 2.05) is 61.5 Å². The molecular formula is C32H25BrN2O5. The molecule has 0 atom stereocenters. The van der Waals surface area contributed by atoms with Crippen LogP contribution in [0.25, 0.3) is 6.08 Å². The number of hydrogen-bond acceptors (Lipinski definition) is 5. The Labute approximate surface area is 240 Å². The SMILES string of the molecule is Cc1cccc(COc2ccccc2/C=C2\C(=O)NC(=O)N(c3ccc(OCc4ccc(Br)cc4)cc3)C2=O)c1. The van der Waals surface area contributed by atoms with Crippen molar-refractivity contribution in [2.24, 2.45) is 0 Å². The normalized spacial score (nSPS) is 14.3. The van der Waals surface area contributed by atoms with Gasteiger partial charge in [0.1, 0.15) is 30.3 Å². The van der Waals surface area contributed by atoms with Crippen LogP contribution < -0.4 is 19.7 Å². The van der Waals surface area contributed by atoms with Gasteiger partial charge in [-0.1, -0.05) is 76.1 Å². The van der Waals surface area contributed by atoms with Gasteiger partial charge >= 0.3 is 6.03 Å². The van der Waals surface area contributed by atoms with E-state index in [9.17, 15) is 14.4 Å². The summed E-state index contributed by atoms with van der Waals surface area (Å²) in [4.78, 5) is 39.7. The van der Waals surface area contributed by atoms with E-state index in [1.165, 1.54) is 6.08 Å². The Morgan fingerprint density at radius 2 is 1.52 bits per heavy atom. The van der Waals surface area contributed by atoms with Crippen molar-refractivity contribution in [2.45, 2.75) is 20.1 Å². The number of ether oxygens (including phenoxy) is 2. The molecule has 1 aliphatic heterocycles. The quantitative estimate of drug-likeness (QED) is 0.183. The van der Waals surface area contributed by atoms with Gasteiger partial charge in [-0.05, 0) is 66.6 Å². The standard InChI is InChI=1S/C32H25BrN2O5/c1-21-5-4-6-23(17-21)20-40-29-8-3-2-7-24(29)18-28-30(36)34-32(38)35(31(28)37)26-13-15-27(16-14-26)39-19-22-9-11-25(33)12-10-22/h2-18H,19-20H2,1H3,(H,34,36,38)/b28-18+. The van der Waals surface area contributed by atoms with Gasteiger partial charge in [-0.3, -0.25) is 14.9 Å². The van der Waals surface area contributed by atoms with E-state index in [0.717, 1.165) is 26.1 Å². The van der Waals surface area contributed by atoms with Gasteiger partial charge in [0, 0.05) is 10.0 Å². The molecule has 1 saturated heterocycles. The summed E-state index contributed by atoms with van der Waals surface area (Å²) in [6, 6.07) is 28.6. The van der Waals surface area contributed by atoms with Gasteiger partial charge in [0.25, 0.3) is 11.8 Å². The number of nitrogens with one attached hydrogen (secondary N) is 1. The van der Waals surface area contributed by atoms with Crippen molar-refractivity contribution in [1.82, 2.24) is 5.32 Å². The van der Waals surface area contributed by atoms with Crippen LogP contribution in [0.15, 0.2) is 107 Å². The first-order chi connectivity index (χ1) is 19.4. The minimum Gasteiger partial charge on any atom is -0.489 e. The number of carbonyl (C=O) groups is 3. The predicted molar refractivity (Wildman–Crippen MR) is 156 cm³/mol. The summed E-state index contributed by atoms with van der Waals surface area (Å²) in [5.74, 6) is -0.421. The van der Waals surface area contributed by atoms with E-state index in [0.29, 0.717) is 36.0 Å². The number of hydrogen-bond donors (Lipinski definition) is 1. The second-order valence-electron chi connectivity index (χ2n) is 9.18. The van der Waals surface area contributed by atoms with Gasteiger partial charge in [-0.25, -0.2) is 9.69 Å². The maximum Gasteiger partial charge on any atom is 0.335 e. The highest BCUT2D eigenvalue weighted by Crippen LogP contribution is 2.27. The van der Waals surface area contributed by atoms with Crippen LogP contribution in [-0.2, 0) is 22.8 Å². The molecule has 4 aromatic rings. The molecule has 1 fully saturated rings. The summed E-state index contributed by atoms with van der Waals surface area (Å²) in [6.07, 6.45) is 1.44. The van der Waals surface area contributed by atoms with Gasteiger partial charge < -0.3 is 9.47 Å². The van der Waals surface area contributed by atoms with E-state index in [-0.39, 0.29) is 5.57 Å². The maximum atomic E-state index is 13.4. The lowest BCUT2D eigenvalue weighted by molar-refractivity contribution is -0.122. The van der Waals surface area contributed by atoms with E-state index in [1.54, 1.807) is 42.5 Å². The van der Waals surface area contributed by atoms with Crippen molar-refractivity contribution in [1.29, 1.82) is 0 Å². The van der Waals surface area contributed by atoms with Crippen LogP contribution in [0.1, 0.15) is 22.3 Å². The molecule has 4 amide bonds. The molecule has 0 bridgehead atoms. The molecule has 0 radical (unpaired) electrons. The summed E-state index contributed by atoms with van der Waals surface area (Å²) < 4.78 is 12.8. The average Bonchev–Trinajstić information content (AvgIpc) is 2.95. The van der Waals surface area contributed by atoms with Gasteiger partial charge in [0.05, 0.1) is 5.69 Å². The van der Waals surface area contributed by atoms with Crippen molar-refractivity contribution < 1.29 is 23.9 Å². The van der Waals surface area contributed by atoms with Crippen molar-refractivity contribution in [3.63, 3.8) is 0 Å². The third-order valence-corrected chi connectivity index (χ3v) is 6.74. The zero-order valence-corrected chi connectivity index (χ0v) is 23.2. The zero-order chi connectivity index (χ0) is 28.1. The fourth-order valence-electron chi connectivity index (χ4n) is 4.18. The fourth-order valence-corrected chi connectivity index (χ4v) is 4.44. The molecule has 0 aromatic heterocycles. The molecule has 4 aromatic carbocycles. The van der Waals surface area contributed by atoms with Crippen LogP contribution in [0.4, 0.5) is 10.5 Å². The smallest absolute Gasteiger partial charge is 0.335 e. The summed E-state index contributed by atoms with van der Waals surface area (Å²) in [5.41, 5.74) is 3.78. The summed E-state index contributed by atoms with van der Waals surface area (Å²) in [5, 5.41) is 2.26. The highest BCUT2D eigenvalue weighted by molar-refractivity contribution is 9.10. The van der Waals surface area contributed by atoms with Crippen molar-refractivity contribution in [3.8, 4) is 11.5 Å². The maximum absolute atomic E-state index is 13.4. The summed E-state index contributed by atoms with van der Waals surface area (Å²) in [6.45, 7) is 2.69. The lowest BCUT2D eigenvalue weighted by atomic mass is 10.1. The van der Waals surface area contributed by atoms with E-state index >= 15 is 0 Å². The second kappa shape index (κ2) is 12.0. The number of urea groups is 1. The Kier molecular flexibility index (Phi) is 8.07. The van der Waals surface area contributed by atoms with E-state index in [2.05, 4.69) is 21.2 Å². The number of aryl methyl sites for hydroxylation is 1. The minimum absolute atomic E-state index is 0.179. The number of amides is 4. The number of rotatable bonds is 8. The lowest BCUT2D eigenvalue weighted by Gasteiger charge is -2.26. The van der Waals surface area contributed by atoms with Crippen LogP contribution in [0.3, 0.4) is 0 Å². The molecular weight excluding hydrogens is 572 g/mol. The van der Waals surface area contributed by atoms with Crippen LogP contribution in [0.2, 0.25) is 0 Å². The molecule has 0 saturated carbocycles. The first-order valence-corrected chi connectivity index (χ1v) is 13.3. The molecule has 8 heteroatoms. The molecule has 5 rings (SSSR count). The van der Waals surface area contributed by atoms with Crippen molar-refractivity contribution in [3.05, 3.63) is 129 Å². The topological polar surface area (TPSA) is 84.9 Å². The van der Waals surface area contributed by atoms with Gasteiger partial charge in [-0.2, -0.15) is 0 Å². The minimum atomic E-state index is -0.820. The van der Waals surface area contributed by atoms with Crippen molar-refractivity contribution in [2.75, 3.05) is 4.90 Å². The molecule has 7 nitrogen and oxygen atoms in total. The number of carbonyl (C=O) groups excluding carboxylic acids is 3. The van der Waals surface area contributed by atoms with Gasteiger partial charge in [0.15, 0.2) is 0 Å². The van der Waals surface area contributed by atoms with Gasteiger partial charge in [0.2, 0.25) is 0 Å². The van der Waals surface area contributed by atoms with Crippen LogP contribution in [0.5, 0.6) is 11.5 Å². The third-order valence-electron chi connectivity index (χ3n) is 6.21. The molecule has 0 aliphatic carbocycles. The van der Waals surface area contributed by atoms with Crippen LogP contribution in [0, 0.1) is 6.92 Å². The first kappa shape index (κ1) is 26.9. The number of nitrogens with zero attached hydrogens (tertiary/aromatic N) is 1. The Morgan fingerprint density at radius 1 is 0.800 bits per heavy atom. The monoisotopic (exact) mass is 596 g/mol. The van der Waals surface area contributed by atoms with E-state index < -0.39 is 17.8 Å². The summed E-state index contributed by atoms with van der Waals surface area (Å²) in [7, 11) is 0. The van der Waals surface area contributed by atoms with Crippen LogP contribution >= 0.6 is 15.9 Å². The largest absolute Gasteiger partial charge is 0.489 e. The lowest BCUT2D eigenvalue weighted by Crippen LogP contribution is -2.54. The third kappa shape index (κ3) is 6.30. The fraction of sp³-hybridized carbons (Fsp3) is 0.0938. The molecule has 40 heavy (non-hydrogen) atoms. The van der Waals surface area contributed by atoms with E-state index in [4.69, 9.17) is 9.47 Å². The average molecular weight is 597 g/mol. The summed E-state index contributed by atoms with van der Waals surface area (Å²) >= 11 is 3.41. The first-order valence-electron chi connectivity index (χ1n) is 12.5. The number of barbiturate groups is 1. The Balaban J connectivity index is 1.33. The number of halogens is 1. The van der Waals surface area contributed by atoms with Gasteiger partial charge in [-0.15, -0.1) is 0 Å². The number of para-hydroxylation sites is 1. The van der Waals surface area contributed by atoms with Crippen LogP contribution in [-0.4, -0.2) is 17.8 Å². The second-order valence-corrected chi connectivity index (χ2v) is 10.1. The predicted octanol–water partition coefficient (Wildman–Crippen LogP) is 6.58. The highest BCUT2D eigenvalue weighted by atomic mass is 79.9. The van der Waals surface area contributed by atoms with Crippen molar-refractivity contribution >= 4 is 45.5 Å². The molecule has 0 spiro atoms. The number of imide groups is 2. The Bertz CT molecular complexity index is 1600. The zero-order valence-electron chi connectivity index (χ0n) is 21.6. The number of benzene rings is 4. The molecule has 1 aliphatic rings. The molecule has 1 N–H and O–H groups in total.